The minimum atomic E-state index is -4.58. The van der Waals surface area contributed by atoms with Gasteiger partial charge in [0.15, 0.2) is 11.6 Å². The molecule has 1 aromatic heterocycles. The number of aromatic nitrogens is 2. The summed E-state index contributed by atoms with van der Waals surface area (Å²) < 4.78 is 88.6. The molecule has 2 aliphatic rings. The van der Waals surface area contributed by atoms with Gasteiger partial charge in [-0.2, -0.15) is 5.10 Å². The van der Waals surface area contributed by atoms with E-state index in [1.165, 1.54) is 12.1 Å². The molecule has 1 amide bonds. The SMILES string of the molecule is O=C1NCCc2cc(S(=O)(=O)Nc3ccc(F)c(-c4ccc5c(C6NCCN6)[nH]nc5c4F)c3F)cc(F)c21. The normalized spacial score (nSPS) is 15.9. The summed E-state index contributed by atoms with van der Waals surface area (Å²) in [4.78, 5) is 11.4. The molecule has 1 fully saturated rings. The molecule has 202 valence electrons. The number of hydrogen-bond acceptors (Lipinski definition) is 6. The first-order chi connectivity index (χ1) is 18.7. The third-order valence-electron chi connectivity index (χ3n) is 6.77. The Morgan fingerprint density at radius 1 is 0.897 bits per heavy atom. The van der Waals surface area contributed by atoms with Crippen molar-refractivity contribution in [1.29, 1.82) is 0 Å². The summed E-state index contributed by atoms with van der Waals surface area (Å²) in [6.45, 7) is 1.58. The van der Waals surface area contributed by atoms with Crippen LogP contribution in [0, 0.1) is 23.3 Å². The fourth-order valence-corrected chi connectivity index (χ4v) is 6.03. The van der Waals surface area contributed by atoms with E-state index < -0.39 is 60.9 Å². The first-order valence-electron chi connectivity index (χ1n) is 11.9. The van der Waals surface area contributed by atoms with Crippen molar-refractivity contribution in [3.05, 3.63) is 76.5 Å². The molecule has 6 rings (SSSR count). The molecular weight excluding hydrogens is 540 g/mol. The van der Waals surface area contributed by atoms with E-state index in [0.29, 0.717) is 30.2 Å². The van der Waals surface area contributed by atoms with Gasteiger partial charge in [-0.05, 0) is 42.3 Å². The van der Waals surface area contributed by atoms with E-state index in [-0.39, 0.29) is 35.8 Å². The number of halogens is 4. The van der Waals surface area contributed by atoms with Gasteiger partial charge in [0.1, 0.15) is 23.3 Å². The van der Waals surface area contributed by atoms with Crippen LogP contribution in [0.3, 0.4) is 0 Å². The number of aromatic amines is 1. The van der Waals surface area contributed by atoms with Crippen molar-refractivity contribution in [1.82, 2.24) is 26.1 Å². The Balaban J connectivity index is 1.38. The van der Waals surface area contributed by atoms with Crippen LogP contribution in [-0.4, -0.2) is 44.2 Å². The van der Waals surface area contributed by atoms with Gasteiger partial charge < -0.3 is 5.32 Å². The Labute approximate surface area is 219 Å². The molecule has 0 atom stereocenters. The zero-order valence-electron chi connectivity index (χ0n) is 20.0. The second kappa shape index (κ2) is 9.32. The second-order valence-electron chi connectivity index (χ2n) is 9.14. The fraction of sp³-hybridized carbons (Fsp3) is 0.200. The average molecular weight is 561 g/mol. The van der Waals surface area contributed by atoms with Crippen molar-refractivity contribution < 1.29 is 30.8 Å². The maximum Gasteiger partial charge on any atom is 0.262 e. The van der Waals surface area contributed by atoms with Crippen molar-refractivity contribution in [2.75, 3.05) is 24.4 Å². The zero-order valence-corrected chi connectivity index (χ0v) is 20.8. The topological polar surface area (TPSA) is 128 Å². The lowest BCUT2D eigenvalue weighted by atomic mass is 10.00. The van der Waals surface area contributed by atoms with Gasteiger partial charge in [0, 0.05) is 30.6 Å². The molecule has 9 nitrogen and oxygen atoms in total. The van der Waals surface area contributed by atoms with Gasteiger partial charge in [-0.3, -0.25) is 25.2 Å². The molecule has 4 aromatic rings. The Kier molecular flexibility index (Phi) is 6.04. The van der Waals surface area contributed by atoms with Gasteiger partial charge in [0.2, 0.25) is 0 Å². The van der Waals surface area contributed by atoms with Gasteiger partial charge >= 0.3 is 0 Å². The molecule has 0 aliphatic carbocycles. The molecule has 0 bridgehead atoms. The van der Waals surface area contributed by atoms with Gasteiger partial charge in [-0.15, -0.1) is 0 Å². The summed E-state index contributed by atoms with van der Waals surface area (Å²) in [6.07, 6.45) is -0.103. The average Bonchev–Trinajstić information content (AvgIpc) is 3.57. The number of carbonyl (C=O) groups excluding carboxylic acids is 1. The number of fused-ring (bicyclic) bond motifs is 2. The van der Waals surface area contributed by atoms with Crippen LogP contribution in [-0.2, 0) is 16.4 Å². The highest BCUT2D eigenvalue weighted by Crippen LogP contribution is 2.37. The van der Waals surface area contributed by atoms with E-state index in [9.17, 15) is 22.0 Å². The number of nitrogens with zero attached hydrogens (tertiary/aromatic N) is 1. The van der Waals surface area contributed by atoms with Gasteiger partial charge in [0.25, 0.3) is 15.9 Å². The number of sulfonamides is 1. The predicted molar refractivity (Wildman–Crippen MR) is 133 cm³/mol. The fourth-order valence-electron chi connectivity index (χ4n) is 4.91. The van der Waals surface area contributed by atoms with Crippen LogP contribution in [0.1, 0.15) is 27.8 Å². The largest absolute Gasteiger partial charge is 0.352 e. The Bertz CT molecular complexity index is 1770. The van der Waals surface area contributed by atoms with E-state index in [4.69, 9.17) is 0 Å². The lowest BCUT2D eigenvalue weighted by Crippen LogP contribution is -2.33. The molecule has 3 aromatic carbocycles. The summed E-state index contributed by atoms with van der Waals surface area (Å²) in [6, 6.07) is 6.06. The number of H-pyrrole nitrogens is 1. The molecule has 1 saturated heterocycles. The number of benzene rings is 3. The smallest absolute Gasteiger partial charge is 0.262 e. The maximum atomic E-state index is 15.6. The molecule has 0 unspecified atom stereocenters. The molecule has 0 spiro atoms. The zero-order chi connectivity index (χ0) is 27.5. The van der Waals surface area contributed by atoms with Crippen molar-refractivity contribution in [2.24, 2.45) is 0 Å². The maximum absolute atomic E-state index is 15.6. The van der Waals surface area contributed by atoms with Gasteiger partial charge in [-0.25, -0.2) is 26.0 Å². The first-order valence-corrected chi connectivity index (χ1v) is 13.4. The predicted octanol–water partition coefficient (Wildman–Crippen LogP) is 3.06. The van der Waals surface area contributed by atoms with E-state index in [1.54, 1.807) is 0 Å². The number of rotatable bonds is 5. The van der Waals surface area contributed by atoms with Crippen LogP contribution in [0.5, 0.6) is 0 Å². The van der Waals surface area contributed by atoms with E-state index >= 15 is 8.78 Å². The lowest BCUT2D eigenvalue weighted by Gasteiger charge is -2.19. The minimum absolute atomic E-state index is 0.142. The summed E-state index contributed by atoms with van der Waals surface area (Å²) in [5.41, 5.74) is -1.61. The third kappa shape index (κ3) is 4.20. The van der Waals surface area contributed by atoms with Gasteiger partial charge in [0.05, 0.1) is 27.4 Å². The summed E-state index contributed by atoms with van der Waals surface area (Å²) in [7, 11) is -4.58. The third-order valence-corrected chi connectivity index (χ3v) is 8.12. The van der Waals surface area contributed by atoms with E-state index in [0.717, 1.165) is 18.2 Å². The molecule has 3 heterocycles. The van der Waals surface area contributed by atoms with Crippen LogP contribution in [0.2, 0.25) is 0 Å². The highest BCUT2D eigenvalue weighted by atomic mass is 32.2. The monoisotopic (exact) mass is 560 g/mol. The molecule has 5 N–H and O–H groups in total. The van der Waals surface area contributed by atoms with Crippen LogP contribution in [0.4, 0.5) is 23.2 Å². The number of anilines is 1. The Morgan fingerprint density at radius 3 is 2.44 bits per heavy atom. The lowest BCUT2D eigenvalue weighted by molar-refractivity contribution is 0.0941. The van der Waals surface area contributed by atoms with Gasteiger partial charge in [-0.1, -0.05) is 6.07 Å². The summed E-state index contributed by atoms with van der Waals surface area (Å²) in [5.74, 6) is -5.22. The van der Waals surface area contributed by atoms with Crippen LogP contribution >= 0.6 is 0 Å². The number of hydrogen-bond donors (Lipinski definition) is 5. The highest BCUT2D eigenvalue weighted by molar-refractivity contribution is 7.92. The van der Waals surface area contributed by atoms with E-state index in [2.05, 4.69) is 26.1 Å². The Hall–Kier alpha value is -4.01. The Morgan fingerprint density at radius 2 is 1.67 bits per heavy atom. The van der Waals surface area contributed by atoms with E-state index in [1.807, 2.05) is 4.72 Å². The van der Waals surface area contributed by atoms with Crippen LogP contribution in [0.25, 0.3) is 22.0 Å². The van der Waals surface area contributed by atoms with Crippen molar-refractivity contribution in [3.8, 4) is 11.1 Å². The standard InChI is InChI=1S/C25H20F4N6O3S/c26-15-3-4-17(35-39(37,38)12-9-11-5-6-32-25(36)18(11)16(27)10-12)21(29)19(15)13-1-2-14-22(20(13)28)33-34-23(14)24-30-7-8-31-24/h1-4,9-10,24,30-31,35H,5-8H2,(H,32,36)(H,33,34). The number of amides is 1. The molecule has 14 heteroatoms. The van der Waals surface area contributed by atoms with Crippen molar-refractivity contribution >= 4 is 32.5 Å². The highest BCUT2D eigenvalue weighted by Gasteiger charge is 2.28. The van der Waals surface area contributed by atoms with Crippen molar-refractivity contribution in [3.63, 3.8) is 0 Å². The molecule has 39 heavy (non-hydrogen) atoms. The second-order valence-corrected chi connectivity index (χ2v) is 10.8. The quantitative estimate of drug-likeness (QED) is 0.239. The number of carbonyl (C=O) groups is 1. The minimum Gasteiger partial charge on any atom is -0.352 e. The summed E-state index contributed by atoms with van der Waals surface area (Å²) >= 11 is 0. The number of nitrogens with one attached hydrogen (secondary N) is 5. The van der Waals surface area contributed by atoms with Crippen molar-refractivity contribution in [2.45, 2.75) is 17.5 Å². The molecular formula is C25H20F4N6O3S. The van der Waals surface area contributed by atoms with Crippen LogP contribution < -0.4 is 20.7 Å². The van der Waals surface area contributed by atoms with Crippen LogP contribution in [0.15, 0.2) is 41.3 Å². The summed E-state index contributed by atoms with van der Waals surface area (Å²) in [5, 5.41) is 15.9. The molecule has 2 aliphatic heterocycles. The first kappa shape index (κ1) is 25.3. The molecule has 0 saturated carbocycles. The molecule has 0 radical (unpaired) electrons.